The second-order valence-electron chi connectivity index (χ2n) is 4.34. The first-order chi connectivity index (χ1) is 8.59. The van der Waals surface area contributed by atoms with Crippen LogP contribution in [0.3, 0.4) is 0 Å². The molecule has 1 amide bonds. The fourth-order valence-corrected chi connectivity index (χ4v) is 2.32. The highest BCUT2D eigenvalue weighted by Gasteiger charge is 2.22. The standard InChI is InChI=1S/C14H15NO3/c1-9(16)15-13-8-3-2-5-11(13)10-6-4-7-12(10)14(17)18/h2-3,5,8H,4,6-7H2,1H3,(H,15,16)(H,17,18). The Morgan fingerprint density at radius 1 is 1.22 bits per heavy atom. The van der Waals surface area contributed by atoms with Crippen LogP contribution < -0.4 is 5.32 Å². The highest BCUT2D eigenvalue weighted by Crippen LogP contribution is 2.37. The van der Waals surface area contributed by atoms with Gasteiger partial charge in [-0.2, -0.15) is 0 Å². The number of nitrogens with one attached hydrogen (secondary N) is 1. The van der Waals surface area contributed by atoms with Crippen molar-refractivity contribution in [1.29, 1.82) is 0 Å². The maximum atomic E-state index is 11.2. The van der Waals surface area contributed by atoms with E-state index >= 15 is 0 Å². The summed E-state index contributed by atoms with van der Waals surface area (Å²) >= 11 is 0. The molecule has 1 aliphatic rings. The Kier molecular flexibility index (Phi) is 3.46. The number of amides is 1. The van der Waals surface area contributed by atoms with Crippen molar-refractivity contribution in [2.75, 3.05) is 5.32 Å². The van der Waals surface area contributed by atoms with Crippen molar-refractivity contribution >= 4 is 23.1 Å². The normalized spacial score (nSPS) is 14.7. The molecule has 1 aromatic carbocycles. The molecule has 2 rings (SSSR count). The third-order valence-corrected chi connectivity index (χ3v) is 3.04. The number of carboxylic acid groups (broad SMARTS) is 1. The minimum atomic E-state index is -0.861. The predicted octanol–water partition coefficient (Wildman–Crippen LogP) is 2.67. The number of anilines is 1. The van der Waals surface area contributed by atoms with E-state index in [0.29, 0.717) is 17.7 Å². The zero-order valence-electron chi connectivity index (χ0n) is 10.2. The molecule has 0 saturated heterocycles. The Morgan fingerprint density at radius 3 is 2.61 bits per heavy atom. The van der Waals surface area contributed by atoms with Crippen molar-refractivity contribution in [3.8, 4) is 0 Å². The average molecular weight is 245 g/mol. The van der Waals surface area contributed by atoms with Gasteiger partial charge in [0.25, 0.3) is 0 Å². The lowest BCUT2D eigenvalue weighted by Crippen LogP contribution is -2.08. The summed E-state index contributed by atoms with van der Waals surface area (Å²) in [5.41, 5.74) is 2.81. The second kappa shape index (κ2) is 5.04. The Bertz CT molecular complexity index is 532. The lowest BCUT2D eigenvalue weighted by atomic mass is 10.00. The number of para-hydroxylation sites is 1. The first-order valence-corrected chi connectivity index (χ1v) is 5.92. The molecule has 0 unspecified atom stereocenters. The number of allylic oxidation sites excluding steroid dienone is 1. The zero-order valence-corrected chi connectivity index (χ0v) is 10.2. The minimum absolute atomic E-state index is 0.155. The summed E-state index contributed by atoms with van der Waals surface area (Å²) in [6.07, 6.45) is 2.20. The molecule has 0 spiro atoms. The summed E-state index contributed by atoms with van der Waals surface area (Å²) in [6, 6.07) is 7.33. The molecule has 4 heteroatoms. The van der Waals surface area contributed by atoms with Gasteiger partial charge in [0.05, 0.1) is 0 Å². The fraction of sp³-hybridized carbons (Fsp3) is 0.286. The summed E-state index contributed by atoms with van der Waals surface area (Å²) in [5.74, 6) is -1.02. The van der Waals surface area contributed by atoms with Crippen molar-refractivity contribution in [3.05, 3.63) is 35.4 Å². The van der Waals surface area contributed by atoms with Crippen LogP contribution in [0.25, 0.3) is 5.57 Å². The van der Waals surface area contributed by atoms with Crippen molar-refractivity contribution in [2.45, 2.75) is 26.2 Å². The number of hydrogen-bond acceptors (Lipinski definition) is 2. The molecule has 0 atom stereocenters. The Hall–Kier alpha value is -2.10. The van der Waals surface area contributed by atoms with Crippen molar-refractivity contribution < 1.29 is 14.7 Å². The molecule has 4 nitrogen and oxygen atoms in total. The Morgan fingerprint density at radius 2 is 1.94 bits per heavy atom. The molecule has 0 aliphatic heterocycles. The molecule has 1 aromatic rings. The monoisotopic (exact) mass is 245 g/mol. The highest BCUT2D eigenvalue weighted by atomic mass is 16.4. The van der Waals surface area contributed by atoms with Gasteiger partial charge < -0.3 is 10.4 Å². The van der Waals surface area contributed by atoms with Crippen LogP contribution in [0.1, 0.15) is 31.7 Å². The van der Waals surface area contributed by atoms with E-state index in [-0.39, 0.29) is 5.91 Å². The molecule has 1 aliphatic carbocycles. The summed E-state index contributed by atoms with van der Waals surface area (Å²) in [6.45, 7) is 1.44. The number of carbonyl (C=O) groups excluding carboxylic acids is 1. The van der Waals surface area contributed by atoms with E-state index in [2.05, 4.69) is 5.32 Å². The van der Waals surface area contributed by atoms with Gasteiger partial charge in [0.15, 0.2) is 0 Å². The molecule has 0 radical (unpaired) electrons. The first kappa shape index (κ1) is 12.4. The Balaban J connectivity index is 2.47. The molecule has 0 heterocycles. The van der Waals surface area contributed by atoms with Gasteiger partial charge in [-0.05, 0) is 30.9 Å². The van der Waals surface area contributed by atoms with Gasteiger partial charge in [-0.3, -0.25) is 4.79 Å². The third kappa shape index (κ3) is 2.42. The number of carboxylic acids is 1. The van der Waals surface area contributed by atoms with Crippen LogP contribution in [0.15, 0.2) is 29.8 Å². The lowest BCUT2D eigenvalue weighted by molar-refractivity contribution is -0.132. The van der Waals surface area contributed by atoms with E-state index in [0.717, 1.165) is 24.0 Å². The Labute approximate surface area is 105 Å². The van der Waals surface area contributed by atoms with Gasteiger partial charge in [0.2, 0.25) is 5.91 Å². The van der Waals surface area contributed by atoms with E-state index in [4.69, 9.17) is 0 Å². The van der Waals surface area contributed by atoms with Crippen molar-refractivity contribution in [1.82, 2.24) is 0 Å². The molecular formula is C14H15NO3. The van der Waals surface area contributed by atoms with Gasteiger partial charge in [-0.15, -0.1) is 0 Å². The maximum absolute atomic E-state index is 11.2. The third-order valence-electron chi connectivity index (χ3n) is 3.04. The topological polar surface area (TPSA) is 66.4 Å². The van der Waals surface area contributed by atoms with Crippen LogP contribution >= 0.6 is 0 Å². The minimum Gasteiger partial charge on any atom is -0.478 e. The van der Waals surface area contributed by atoms with Crippen LogP contribution in [0.2, 0.25) is 0 Å². The molecule has 0 bridgehead atoms. The smallest absolute Gasteiger partial charge is 0.331 e. The molecule has 2 N–H and O–H groups in total. The van der Waals surface area contributed by atoms with Crippen molar-refractivity contribution in [3.63, 3.8) is 0 Å². The van der Waals surface area contributed by atoms with E-state index in [1.165, 1.54) is 6.92 Å². The van der Waals surface area contributed by atoms with Gasteiger partial charge >= 0.3 is 5.97 Å². The molecular weight excluding hydrogens is 230 g/mol. The summed E-state index contributed by atoms with van der Waals surface area (Å²) < 4.78 is 0. The average Bonchev–Trinajstić information content (AvgIpc) is 2.77. The summed E-state index contributed by atoms with van der Waals surface area (Å²) in [4.78, 5) is 22.3. The van der Waals surface area contributed by atoms with Gasteiger partial charge in [0, 0.05) is 23.7 Å². The van der Waals surface area contributed by atoms with Crippen molar-refractivity contribution in [2.24, 2.45) is 0 Å². The van der Waals surface area contributed by atoms with Crippen LogP contribution in [0.5, 0.6) is 0 Å². The number of benzene rings is 1. The maximum Gasteiger partial charge on any atom is 0.331 e. The first-order valence-electron chi connectivity index (χ1n) is 5.92. The molecule has 94 valence electrons. The summed E-state index contributed by atoms with van der Waals surface area (Å²) in [5, 5.41) is 11.9. The van der Waals surface area contributed by atoms with E-state index < -0.39 is 5.97 Å². The summed E-state index contributed by atoms with van der Waals surface area (Å²) in [7, 11) is 0. The number of aliphatic carboxylic acids is 1. The molecule has 0 aromatic heterocycles. The van der Waals surface area contributed by atoms with E-state index in [1.54, 1.807) is 6.07 Å². The SMILES string of the molecule is CC(=O)Nc1ccccc1C1=C(C(=O)O)CCC1. The van der Waals surface area contributed by atoms with Crippen LogP contribution in [0.4, 0.5) is 5.69 Å². The van der Waals surface area contributed by atoms with Crippen LogP contribution in [0, 0.1) is 0 Å². The van der Waals surface area contributed by atoms with E-state index in [1.807, 2.05) is 18.2 Å². The highest BCUT2D eigenvalue weighted by molar-refractivity contribution is 6.01. The molecule has 18 heavy (non-hydrogen) atoms. The van der Waals surface area contributed by atoms with Crippen LogP contribution in [-0.4, -0.2) is 17.0 Å². The lowest BCUT2D eigenvalue weighted by Gasteiger charge is -2.11. The second-order valence-corrected chi connectivity index (χ2v) is 4.34. The van der Waals surface area contributed by atoms with Gasteiger partial charge in [0.1, 0.15) is 0 Å². The largest absolute Gasteiger partial charge is 0.478 e. The number of rotatable bonds is 3. The number of carbonyl (C=O) groups is 2. The number of hydrogen-bond donors (Lipinski definition) is 2. The fourth-order valence-electron chi connectivity index (χ4n) is 2.32. The van der Waals surface area contributed by atoms with Crippen LogP contribution in [-0.2, 0) is 9.59 Å². The van der Waals surface area contributed by atoms with Gasteiger partial charge in [-0.1, -0.05) is 18.2 Å². The molecule has 0 fully saturated rings. The van der Waals surface area contributed by atoms with Gasteiger partial charge in [-0.25, -0.2) is 4.79 Å². The quantitative estimate of drug-likeness (QED) is 0.860. The molecule has 0 saturated carbocycles. The predicted molar refractivity (Wildman–Crippen MR) is 69.2 cm³/mol. The van der Waals surface area contributed by atoms with E-state index in [9.17, 15) is 14.7 Å². The zero-order chi connectivity index (χ0) is 13.1.